The highest BCUT2D eigenvalue weighted by Crippen LogP contribution is 2.19. The second-order valence-corrected chi connectivity index (χ2v) is 7.52. The number of halogens is 1. The van der Waals surface area contributed by atoms with Gasteiger partial charge in [0.15, 0.2) is 5.78 Å². The van der Waals surface area contributed by atoms with Gasteiger partial charge < -0.3 is 20.6 Å². The fraction of sp³-hybridized carbons (Fsp3) is 0.600. The summed E-state index contributed by atoms with van der Waals surface area (Å²) in [6, 6.07) is 5.07. The van der Waals surface area contributed by atoms with Crippen molar-refractivity contribution in [2.75, 3.05) is 25.0 Å². The third kappa shape index (κ3) is 8.73. The predicted octanol–water partition coefficient (Wildman–Crippen LogP) is 3.48. The van der Waals surface area contributed by atoms with Crippen LogP contribution in [0.25, 0.3) is 0 Å². The summed E-state index contributed by atoms with van der Waals surface area (Å²) in [7, 11) is 0. The van der Waals surface area contributed by atoms with E-state index in [-0.39, 0.29) is 29.8 Å². The Bertz CT molecular complexity index is 625. The molecule has 0 aliphatic heterocycles. The molecular weight excluding hydrogens is 366 g/mol. The van der Waals surface area contributed by atoms with Gasteiger partial charge in [0, 0.05) is 42.8 Å². The number of β-amino-alcohol motifs (C(OH)–C–C–N with tert-alkyl or cyclic N) is 1. The number of carbonyl (C=O) groups excluding carboxylic acids is 2. The van der Waals surface area contributed by atoms with Gasteiger partial charge >= 0.3 is 6.03 Å². The van der Waals surface area contributed by atoms with E-state index in [0.29, 0.717) is 37.3 Å². The van der Waals surface area contributed by atoms with Crippen LogP contribution < -0.4 is 10.6 Å². The average molecular weight is 400 g/mol. The van der Waals surface area contributed by atoms with E-state index >= 15 is 0 Å². The Morgan fingerprint density at radius 2 is 1.78 bits per heavy atom. The molecule has 1 unspecified atom stereocenters. The summed E-state index contributed by atoms with van der Waals surface area (Å²) in [4.78, 5) is 25.9. The zero-order chi connectivity index (χ0) is 19.9. The fourth-order valence-electron chi connectivity index (χ4n) is 2.62. The van der Waals surface area contributed by atoms with Crippen LogP contribution in [-0.4, -0.2) is 53.1 Å². The Kier molecular flexibility index (Phi) is 10.6. The highest BCUT2D eigenvalue weighted by Gasteiger charge is 2.17. The minimum Gasteiger partial charge on any atom is -0.391 e. The lowest BCUT2D eigenvalue weighted by Gasteiger charge is -2.23. The van der Waals surface area contributed by atoms with Crippen LogP contribution in [0, 0.1) is 0 Å². The summed E-state index contributed by atoms with van der Waals surface area (Å²) in [6.45, 7) is 13.1. The Morgan fingerprint density at radius 1 is 1.19 bits per heavy atom. The van der Waals surface area contributed by atoms with Gasteiger partial charge in [0.2, 0.25) is 0 Å². The largest absolute Gasteiger partial charge is 0.391 e. The van der Waals surface area contributed by atoms with Crippen molar-refractivity contribution in [3.63, 3.8) is 0 Å². The molecule has 27 heavy (non-hydrogen) atoms. The lowest BCUT2D eigenvalue weighted by atomic mass is 9.97. The molecule has 6 nitrogen and oxygen atoms in total. The molecule has 2 amide bonds. The number of hydrogen-bond acceptors (Lipinski definition) is 4. The van der Waals surface area contributed by atoms with Crippen molar-refractivity contribution in [3.8, 4) is 0 Å². The molecule has 0 spiro atoms. The Morgan fingerprint density at radius 3 is 2.26 bits per heavy atom. The van der Waals surface area contributed by atoms with Gasteiger partial charge in [-0.05, 0) is 59.2 Å². The van der Waals surface area contributed by atoms with Crippen LogP contribution in [-0.2, 0) is 6.42 Å². The molecule has 0 aliphatic rings. The SMILES string of the molecule is CCN(CC)C(=O)Nc1ccc(CC(O)CNC(C)(C)C)c(C(C)=O)c1.Cl. The summed E-state index contributed by atoms with van der Waals surface area (Å²) in [5.41, 5.74) is 1.81. The van der Waals surface area contributed by atoms with Crippen LogP contribution in [0.3, 0.4) is 0 Å². The van der Waals surface area contributed by atoms with Gasteiger partial charge in [0.25, 0.3) is 0 Å². The summed E-state index contributed by atoms with van der Waals surface area (Å²) in [6.07, 6.45) is -0.217. The molecule has 0 fully saturated rings. The summed E-state index contributed by atoms with van der Waals surface area (Å²) >= 11 is 0. The van der Waals surface area contributed by atoms with Crippen molar-refractivity contribution < 1.29 is 14.7 Å². The Labute approximate surface area is 169 Å². The third-order valence-corrected chi connectivity index (χ3v) is 4.11. The van der Waals surface area contributed by atoms with E-state index in [4.69, 9.17) is 0 Å². The number of carbonyl (C=O) groups is 2. The molecular formula is C20H34ClN3O3. The van der Waals surface area contributed by atoms with Gasteiger partial charge in [0.1, 0.15) is 0 Å². The molecule has 0 radical (unpaired) electrons. The van der Waals surface area contributed by atoms with E-state index in [9.17, 15) is 14.7 Å². The van der Waals surface area contributed by atoms with Crippen LogP contribution in [0.1, 0.15) is 57.5 Å². The zero-order valence-corrected chi connectivity index (χ0v) is 18.1. The first-order valence-electron chi connectivity index (χ1n) is 9.20. The van der Waals surface area contributed by atoms with Crippen molar-refractivity contribution in [1.82, 2.24) is 10.2 Å². The van der Waals surface area contributed by atoms with Crippen molar-refractivity contribution in [2.24, 2.45) is 0 Å². The lowest BCUT2D eigenvalue weighted by Crippen LogP contribution is -2.41. The Balaban J connectivity index is 0.00000676. The smallest absolute Gasteiger partial charge is 0.321 e. The highest BCUT2D eigenvalue weighted by atomic mass is 35.5. The van der Waals surface area contributed by atoms with Crippen molar-refractivity contribution >= 4 is 29.9 Å². The second kappa shape index (κ2) is 11.3. The summed E-state index contributed by atoms with van der Waals surface area (Å²) in [5, 5.41) is 16.4. The number of aliphatic hydroxyl groups is 1. The van der Waals surface area contributed by atoms with Crippen LogP contribution in [0.15, 0.2) is 18.2 Å². The maximum absolute atomic E-state index is 12.2. The summed E-state index contributed by atoms with van der Waals surface area (Å²) < 4.78 is 0. The highest BCUT2D eigenvalue weighted by molar-refractivity contribution is 5.98. The standard InChI is InChI=1S/C20H33N3O3.ClH/c1-7-23(8-2)19(26)22-16-10-9-15(18(12-16)14(3)24)11-17(25)13-21-20(4,5)6;/h9-10,12,17,21,25H,7-8,11,13H2,1-6H3,(H,22,26);1H. The normalized spacial score (nSPS) is 12.1. The molecule has 1 rings (SSSR count). The summed E-state index contributed by atoms with van der Waals surface area (Å²) in [5.74, 6) is -0.0880. The van der Waals surface area contributed by atoms with Gasteiger partial charge in [-0.2, -0.15) is 0 Å². The van der Waals surface area contributed by atoms with Crippen molar-refractivity contribution in [1.29, 1.82) is 0 Å². The Hall–Kier alpha value is -1.63. The maximum atomic E-state index is 12.2. The van der Waals surface area contributed by atoms with Gasteiger partial charge in [-0.1, -0.05) is 6.07 Å². The van der Waals surface area contributed by atoms with E-state index in [1.165, 1.54) is 6.92 Å². The second-order valence-electron chi connectivity index (χ2n) is 7.52. The van der Waals surface area contributed by atoms with Gasteiger partial charge in [-0.15, -0.1) is 12.4 Å². The van der Waals surface area contributed by atoms with E-state index < -0.39 is 6.10 Å². The molecule has 0 saturated heterocycles. The molecule has 0 aliphatic carbocycles. The van der Waals surface area contributed by atoms with Crippen LogP contribution >= 0.6 is 12.4 Å². The number of amides is 2. The monoisotopic (exact) mass is 399 g/mol. The lowest BCUT2D eigenvalue weighted by molar-refractivity contribution is 0.101. The zero-order valence-electron chi connectivity index (χ0n) is 17.3. The molecule has 3 N–H and O–H groups in total. The minimum atomic E-state index is -0.594. The number of nitrogens with one attached hydrogen (secondary N) is 2. The minimum absolute atomic E-state index is 0. The quantitative estimate of drug-likeness (QED) is 0.584. The average Bonchev–Trinajstić information content (AvgIpc) is 2.54. The molecule has 154 valence electrons. The third-order valence-electron chi connectivity index (χ3n) is 4.11. The fourth-order valence-corrected chi connectivity index (χ4v) is 2.62. The van der Waals surface area contributed by atoms with Crippen molar-refractivity contribution in [2.45, 2.75) is 59.6 Å². The van der Waals surface area contributed by atoms with Crippen LogP contribution in [0.2, 0.25) is 0 Å². The molecule has 1 aromatic rings. The topological polar surface area (TPSA) is 81.7 Å². The van der Waals surface area contributed by atoms with E-state index in [2.05, 4.69) is 10.6 Å². The molecule has 0 saturated carbocycles. The molecule has 1 atom stereocenters. The number of rotatable bonds is 8. The number of aliphatic hydroxyl groups excluding tert-OH is 1. The molecule has 0 aromatic heterocycles. The number of ketones is 1. The van der Waals surface area contributed by atoms with Gasteiger partial charge in [-0.25, -0.2) is 4.79 Å². The number of hydrogen-bond donors (Lipinski definition) is 3. The number of nitrogens with zero attached hydrogens (tertiary/aromatic N) is 1. The number of Topliss-reactive ketones (excluding diaryl/α,β-unsaturated/α-hetero) is 1. The molecule has 0 heterocycles. The maximum Gasteiger partial charge on any atom is 0.321 e. The van der Waals surface area contributed by atoms with Gasteiger partial charge in [-0.3, -0.25) is 4.79 Å². The number of benzene rings is 1. The first-order valence-corrected chi connectivity index (χ1v) is 9.20. The van der Waals surface area contributed by atoms with Crippen molar-refractivity contribution in [3.05, 3.63) is 29.3 Å². The van der Waals surface area contributed by atoms with Gasteiger partial charge in [0.05, 0.1) is 6.10 Å². The van der Waals surface area contributed by atoms with Crippen LogP contribution in [0.5, 0.6) is 0 Å². The number of anilines is 1. The molecule has 7 heteroatoms. The van der Waals surface area contributed by atoms with E-state index in [1.807, 2.05) is 34.6 Å². The van der Waals surface area contributed by atoms with E-state index in [1.54, 1.807) is 23.1 Å². The first-order chi connectivity index (χ1) is 12.1. The van der Waals surface area contributed by atoms with E-state index in [0.717, 1.165) is 5.56 Å². The first kappa shape index (κ1) is 25.4. The number of urea groups is 1. The predicted molar refractivity (Wildman–Crippen MR) is 113 cm³/mol. The molecule has 1 aromatic carbocycles. The van der Waals surface area contributed by atoms with Crippen LogP contribution in [0.4, 0.5) is 10.5 Å². The molecule has 0 bridgehead atoms.